The van der Waals surface area contributed by atoms with E-state index in [1.54, 1.807) is 0 Å². The van der Waals surface area contributed by atoms with E-state index in [0.717, 1.165) is 0 Å². The van der Waals surface area contributed by atoms with E-state index in [9.17, 15) is 30.6 Å². The molecule has 2 saturated heterocycles. The van der Waals surface area contributed by atoms with Gasteiger partial charge in [0, 0.05) is 0 Å². The lowest BCUT2D eigenvalue weighted by molar-refractivity contribution is -0.383. The highest BCUT2D eigenvalue weighted by atomic mass is 16.8. The summed E-state index contributed by atoms with van der Waals surface area (Å²) in [6.45, 7) is -2.32. The molecular weight excluding hydrogens is 320 g/mol. The van der Waals surface area contributed by atoms with Crippen molar-refractivity contribution >= 4 is 0 Å². The summed E-state index contributed by atoms with van der Waals surface area (Å²) in [5.74, 6) is -2.22. The van der Waals surface area contributed by atoms with Crippen LogP contribution >= 0.6 is 0 Å². The topological polar surface area (TPSA) is 190 Å². The van der Waals surface area contributed by atoms with E-state index in [1.807, 2.05) is 0 Å². The van der Waals surface area contributed by atoms with E-state index < -0.39 is 74.6 Å². The summed E-state index contributed by atoms with van der Waals surface area (Å²) in [5, 5.41) is 76.7. The first-order chi connectivity index (χ1) is 10.8. The van der Waals surface area contributed by atoms with E-state index in [1.165, 1.54) is 0 Å². The van der Waals surface area contributed by atoms with E-state index in [4.69, 9.17) is 24.4 Å². The van der Waals surface area contributed by atoms with Crippen LogP contribution in [0.15, 0.2) is 0 Å². The quantitative estimate of drug-likeness (QED) is 0.238. The molecule has 0 aromatic carbocycles. The fraction of sp³-hybridized carbons (Fsp3) is 1.00. The molecule has 0 aromatic rings. The third kappa shape index (κ3) is 3.23. The molecule has 0 aromatic heterocycles. The van der Waals surface area contributed by atoms with E-state index >= 15 is 0 Å². The van der Waals surface area contributed by atoms with Gasteiger partial charge in [-0.1, -0.05) is 0 Å². The third-order valence-corrected chi connectivity index (χ3v) is 4.07. The fourth-order valence-corrected chi connectivity index (χ4v) is 2.63. The largest absolute Gasteiger partial charge is 0.394 e. The van der Waals surface area contributed by atoms with Gasteiger partial charge < -0.3 is 55.1 Å². The number of hydrogen-bond acceptors (Lipinski definition) is 11. The molecule has 2 rings (SSSR count). The van der Waals surface area contributed by atoms with Crippen LogP contribution in [0.3, 0.4) is 0 Å². The van der Waals surface area contributed by atoms with Crippen LogP contribution in [-0.2, 0) is 14.2 Å². The first-order valence-electron chi connectivity index (χ1n) is 7.05. The van der Waals surface area contributed by atoms with Gasteiger partial charge in [0.2, 0.25) is 5.79 Å². The Labute approximate surface area is 130 Å². The highest BCUT2D eigenvalue weighted by Gasteiger charge is 2.58. The molecule has 2 aliphatic heterocycles. The Morgan fingerprint density at radius 2 is 1.39 bits per heavy atom. The minimum atomic E-state index is -2.22. The Kier molecular flexibility index (Phi) is 5.92. The van der Waals surface area contributed by atoms with Crippen LogP contribution in [0.1, 0.15) is 0 Å². The number of rotatable bonds is 5. The summed E-state index contributed by atoms with van der Waals surface area (Å²) in [6, 6.07) is 0. The van der Waals surface area contributed by atoms with Crippen LogP contribution in [0.5, 0.6) is 0 Å². The smallest absolute Gasteiger partial charge is 0.224 e. The Morgan fingerprint density at radius 3 is 1.87 bits per heavy atom. The van der Waals surface area contributed by atoms with Crippen molar-refractivity contribution in [1.82, 2.24) is 0 Å². The Morgan fingerprint density at radius 1 is 0.783 bits per heavy atom. The van der Waals surface area contributed by atoms with Crippen molar-refractivity contribution < 1.29 is 55.1 Å². The highest BCUT2D eigenvalue weighted by molar-refractivity contribution is 4.98. The molecule has 2 heterocycles. The van der Waals surface area contributed by atoms with Crippen molar-refractivity contribution in [2.45, 2.75) is 54.8 Å². The summed E-state index contributed by atoms with van der Waals surface area (Å²) < 4.78 is 15.4. The van der Waals surface area contributed by atoms with E-state index in [0.29, 0.717) is 0 Å². The van der Waals surface area contributed by atoms with Gasteiger partial charge in [0.05, 0.1) is 13.2 Å². The molecule has 23 heavy (non-hydrogen) atoms. The average molecular weight is 342 g/mol. The average Bonchev–Trinajstić information content (AvgIpc) is 2.80. The molecule has 0 amide bonds. The van der Waals surface area contributed by atoms with Crippen molar-refractivity contribution in [3.05, 3.63) is 0 Å². The van der Waals surface area contributed by atoms with E-state index in [-0.39, 0.29) is 0 Å². The van der Waals surface area contributed by atoms with Crippen molar-refractivity contribution in [3.8, 4) is 0 Å². The molecule has 4 unspecified atom stereocenters. The van der Waals surface area contributed by atoms with Crippen molar-refractivity contribution in [2.24, 2.45) is 0 Å². The lowest BCUT2D eigenvalue weighted by Crippen LogP contribution is -2.62. The molecule has 11 heteroatoms. The molecule has 0 bridgehead atoms. The molecule has 8 N–H and O–H groups in total. The molecule has 11 nitrogen and oxygen atoms in total. The number of aliphatic hydroxyl groups is 8. The normalized spacial score (nSPS) is 51.1. The second-order valence-electron chi connectivity index (χ2n) is 5.56. The van der Waals surface area contributed by atoms with Crippen LogP contribution in [-0.4, -0.2) is 115 Å². The summed E-state index contributed by atoms with van der Waals surface area (Å²) >= 11 is 0. The number of aliphatic hydroxyl groups excluding tert-OH is 8. The molecule has 2 fully saturated rings. The lowest BCUT2D eigenvalue weighted by Gasteiger charge is -2.43. The van der Waals surface area contributed by atoms with Gasteiger partial charge in [-0.2, -0.15) is 0 Å². The zero-order chi connectivity index (χ0) is 17.4. The molecule has 0 aliphatic carbocycles. The van der Waals surface area contributed by atoms with E-state index in [2.05, 4.69) is 0 Å². The molecular formula is C12H22O11. The second kappa shape index (κ2) is 7.21. The molecule has 0 spiro atoms. The second-order valence-corrected chi connectivity index (χ2v) is 5.56. The van der Waals surface area contributed by atoms with Crippen LogP contribution in [0.2, 0.25) is 0 Å². The Balaban J connectivity index is 2.18. The van der Waals surface area contributed by atoms with Crippen LogP contribution in [0.25, 0.3) is 0 Å². The minimum Gasteiger partial charge on any atom is -0.394 e. The molecule has 136 valence electrons. The summed E-state index contributed by atoms with van der Waals surface area (Å²) in [4.78, 5) is 0. The first kappa shape index (κ1) is 18.9. The van der Waals surface area contributed by atoms with Gasteiger partial charge >= 0.3 is 0 Å². The predicted molar refractivity (Wildman–Crippen MR) is 68.6 cm³/mol. The number of ether oxygens (including phenoxy) is 3. The van der Waals surface area contributed by atoms with Gasteiger partial charge in [0.25, 0.3) is 0 Å². The molecule has 2 aliphatic rings. The van der Waals surface area contributed by atoms with Gasteiger partial charge in [-0.25, -0.2) is 0 Å². The van der Waals surface area contributed by atoms with Crippen LogP contribution in [0.4, 0.5) is 0 Å². The minimum absolute atomic E-state index is 0.669. The van der Waals surface area contributed by atoms with Gasteiger partial charge in [-0.05, 0) is 0 Å². The molecule has 0 radical (unpaired) electrons. The predicted octanol–water partition coefficient (Wildman–Crippen LogP) is -5.40. The zero-order valence-electron chi connectivity index (χ0n) is 12.0. The van der Waals surface area contributed by atoms with Crippen molar-refractivity contribution in [1.29, 1.82) is 0 Å². The monoisotopic (exact) mass is 342 g/mol. The summed E-state index contributed by atoms with van der Waals surface area (Å²) in [6.07, 6.45) is -12.7. The standard InChI is InChI=1S/C12H22O11/c13-1-4-6(16)8(18)9(19)11(21-4)23-12(3-15)10(20)7(17)5(2-14)22-12/h4-11,13-20H,1-3H2/t4?,5-,6-,7-,8?,9?,10+,11-,12?/m1/s1. The molecule has 9 atom stereocenters. The van der Waals surface area contributed by atoms with Gasteiger partial charge in [0.15, 0.2) is 6.29 Å². The van der Waals surface area contributed by atoms with Crippen molar-refractivity contribution in [3.63, 3.8) is 0 Å². The maximum Gasteiger partial charge on any atom is 0.224 e. The Bertz CT molecular complexity index is 393. The maximum atomic E-state index is 10.00. The first-order valence-corrected chi connectivity index (χ1v) is 7.05. The molecule has 0 saturated carbocycles. The summed E-state index contributed by atoms with van der Waals surface area (Å²) in [7, 11) is 0. The van der Waals surface area contributed by atoms with Crippen LogP contribution < -0.4 is 0 Å². The Hall–Kier alpha value is -0.440. The fourth-order valence-electron chi connectivity index (χ4n) is 2.63. The van der Waals surface area contributed by atoms with Gasteiger partial charge in [-0.3, -0.25) is 0 Å². The SMILES string of the molecule is OCC1O[C@H](OC2(CO)O[C@H](CO)[C@@H](O)[C@@H]2O)C(O)C(O)[C@@H]1O. The zero-order valence-corrected chi connectivity index (χ0v) is 12.0. The highest BCUT2D eigenvalue weighted by Crippen LogP contribution is 2.35. The maximum absolute atomic E-state index is 10.00. The van der Waals surface area contributed by atoms with Gasteiger partial charge in [0.1, 0.15) is 49.3 Å². The number of hydrogen-bond donors (Lipinski definition) is 8. The van der Waals surface area contributed by atoms with Gasteiger partial charge in [-0.15, -0.1) is 0 Å². The third-order valence-electron chi connectivity index (χ3n) is 4.07. The summed E-state index contributed by atoms with van der Waals surface area (Å²) in [5.41, 5.74) is 0. The van der Waals surface area contributed by atoms with Crippen molar-refractivity contribution in [2.75, 3.05) is 19.8 Å². The van der Waals surface area contributed by atoms with Crippen LogP contribution in [0, 0.1) is 0 Å². The lowest BCUT2D eigenvalue weighted by atomic mass is 9.99.